The summed E-state index contributed by atoms with van der Waals surface area (Å²) in [7, 11) is 0. The number of amides is 2. The fourth-order valence-corrected chi connectivity index (χ4v) is 5.28. The average molecular weight is 427 g/mol. The normalized spacial score (nSPS) is 22.7. The Kier molecular flexibility index (Phi) is 7.97. The number of carbonyl (C=O) groups is 2. The molecule has 0 bridgehead atoms. The molecule has 6 heteroatoms. The number of nitrogens with one attached hydrogen (secondary N) is 1. The van der Waals surface area contributed by atoms with Crippen molar-refractivity contribution in [2.45, 2.75) is 57.4 Å². The molecule has 0 saturated carbocycles. The smallest absolute Gasteiger partial charge is 0.254 e. The molecule has 3 fully saturated rings. The third-order valence-corrected chi connectivity index (χ3v) is 7.09. The number of nitrogens with zero attached hydrogens (tertiary/aromatic N) is 3. The van der Waals surface area contributed by atoms with Gasteiger partial charge in [0, 0.05) is 36.8 Å². The van der Waals surface area contributed by atoms with Crippen molar-refractivity contribution >= 4 is 11.8 Å². The summed E-state index contributed by atoms with van der Waals surface area (Å²) in [5.41, 5.74) is 1.32. The molecule has 1 atom stereocenters. The van der Waals surface area contributed by atoms with Crippen molar-refractivity contribution in [1.29, 1.82) is 0 Å². The summed E-state index contributed by atoms with van der Waals surface area (Å²) in [6, 6.07) is 7.54. The highest BCUT2D eigenvalue weighted by Gasteiger charge is 2.31. The number of piperidine rings is 1. The van der Waals surface area contributed by atoms with E-state index in [9.17, 15) is 9.59 Å². The molecule has 1 aromatic rings. The first-order valence-electron chi connectivity index (χ1n) is 12.3. The van der Waals surface area contributed by atoms with Gasteiger partial charge >= 0.3 is 0 Å². The molecule has 3 aliphatic heterocycles. The number of hydrogen-bond donors (Lipinski definition) is 1. The SMILES string of the molecule is O=C(NCCCN1CCCCC1)c1ccc(C(=O)N2CCCC2CN2CCCC2)cc1. The summed E-state index contributed by atoms with van der Waals surface area (Å²) in [6.07, 6.45) is 9.67. The molecule has 3 aliphatic rings. The molecule has 1 N–H and O–H groups in total. The molecule has 0 aliphatic carbocycles. The number of rotatable bonds is 8. The van der Waals surface area contributed by atoms with Crippen LogP contribution in [0.25, 0.3) is 0 Å². The van der Waals surface area contributed by atoms with E-state index >= 15 is 0 Å². The minimum atomic E-state index is -0.0503. The highest BCUT2D eigenvalue weighted by Crippen LogP contribution is 2.23. The van der Waals surface area contributed by atoms with Crippen LogP contribution in [-0.2, 0) is 0 Å². The maximum atomic E-state index is 13.1. The van der Waals surface area contributed by atoms with Gasteiger partial charge in [-0.1, -0.05) is 6.42 Å². The van der Waals surface area contributed by atoms with Gasteiger partial charge in [0.15, 0.2) is 0 Å². The van der Waals surface area contributed by atoms with Crippen LogP contribution in [0.5, 0.6) is 0 Å². The third kappa shape index (κ3) is 6.07. The van der Waals surface area contributed by atoms with Crippen molar-refractivity contribution in [2.24, 2.45) is 0 Å². The molecule has 31 heavy (non-hydrogen) atoms. The van der Waals surface area contributed by atoms with Crippen molar-refractivity contribution in [3.05, 3.63) is 35.4 Å². The van der Waals surface area contributed by atoms with Gasteiger partial charge in [-0.15, -0.1) is 0 Å². The Morgan fingerprint density at radius 1 is 0.806 bits per heavy atom. The van der Waals surface area contributed by atoms with Gasteiger partial charge in [-0.25, -0.2) is 0 Å². The van der Waals surface area contributed by atoms with E-state index in [1.54, 1.807) is 12.1 Å². The lowest BCUT2D eigenvalue weighted by Gasteiger charge is -2.28. The van der Waals surface area contributed by atoms with Gasteiger partial charge in [-0.3, -0.25) is 9.59 Å². The summed E-state index contributed by atoms with van der Waals surface area (Å²) >= 11 is 0. The van der Waals surface area contributed by atoms with E-state index in [1.807, 2.05) is 17.0 Å². The molecule has 1 aromatic carbocycles. The Morgan fingerprint density at radius 2 is 1.45 bits per heavy atom. The largest absolute Gasteiger partial charge is 0.352 e. The van der Waals surface area contributed by atoms with E-state index in [1.165, 1.54) is 58.3 Å². The zero-order chi connectivity index (χ0) is 21.5. The second-order valence-corrected chi connectivity index (χ2v) is 9.39. The molecule has 4 rings (SSSR count). The van der Waals surface area contributed by atoms with Gasteiger partial charge in [0.25, 0.3) is 11.8 Å². The lowest BCUT2D eigenvalue weighted by Crippen LogP contribution is -2.42. The number of hydrogen-bond acceptors (Lipinski definition) is 4. The lowest BCUT2D eigenvalue weighted by atomic mass is 10.1. The van der Waals surface area contributed by atoms with Gasteiger partial charge in [-0.2, -0.15) is 0 Å². The van der Waals surface area contributed by atoms with Gasteiger partial charge in [0.1, 0.15) is 0 Å². The van der Waals surface area contributed by atoms with Crippen LogP contribution in [0.3, 0.4) is 0 Å². The summed E-state index contributed by atoms with van der Waals surface area (Å²) in [5.74, 6) is 0.0564. The molecular formula is C25H38N4O2. The standard InChI is InChI=1S/C25H38N4O2/c30-24(26-13-7-18-27-14-2-1-3-15-27)21-9-11-22(12-10-21)25(31)29-19-6-8-23(29)20-28-16-4-5-17-28/h9-12,23H,1-8,13-20H2,(H,26,30). The van der Waals surface area contributed by atoms with E-state index in [2.05, 4.69) is 15.1 Å². The fraction of sp³-hybridized carbons (Fsp3) is 0.680. The van der Waals surface area contributed by atoms with E-state index < -0.39 is 0 Å². The van der Waals surface area contributed by atoms with Gasteiger partial charge in [-0.05, 0) is 102 Å². The van der Waals surface area contributed by atoms with Crippen molar-refractivity contribution in [3.63, 3.8) is 0 Å². The quantitative estimate of drug-likeness (QED) is 0.650. The second-order valence-electron chi connectivity index (χ2n) is 9.39. The minimum absolute atomic E-state index is 0.0503. The molecule has 2 amide bonds. The molecule has 1 unspecified atom stereocenters. The zero-order valence-electron chi connectivity index (χ0n) is 18.9. The van der Waals surface area contributed by atoms with Crippen molar-refractivity contribution < 1.29 is 9.59 Å². The highest BCUT2D eigenvalue weighted by molar-refractivity contribution is 5.98. The van der Waals surface area contributed by atoms with Crippen LogP contribution in [0, 0.1) is 0 Å². The van der Waals surface area contributed by atoms with Crippen molar-refractivity contribution in [3.8, 4) is 0 Å². The molecular weight excluding hydrogens is 388 g/mol. The first-order chi connectivity index (χ1) is 15.2. The topological polar surface area (TPSA) is 55.9 Å². The summed E-state index contributed by atoms with van der Waals surface area (Å²) in [6.45, 7) is 8.32. The Balaban J connectivity index is 1.24. The molecule has 170 valence electrons. The Bertz CT molecular complexity index is 724. The minimum Gasteiger partial charge on any atom is -0.352 e. The molecule has 3 saturated heterocycles. The monoisotopic (exact) mass is 426 g/mol. The molecule has 3 heterocycles. The number of benzene rings is 1. The Labute approximate surface area is 187 Å². The van der Waals surface area contributed by atoms with E-state index in [0.717, 1.165) is 38.9 Å². The molecule has 0 aromatic heterocycles. The number of likely N-dealkylation sites (tertiary alicyclic amines) is 3. The predicted molar refractivity (Wildman–Crippen MR) is 123 cm³/mol. The Hall–Kier alpha value is -1.92. The van der Waals surface area contributed by atoms with Gasteiger partial charge < -0.3 is 20.0 Å². The fourth-order valence-electron chi connectivity index (χ4n) is 5.28. The molecule has 0 spiro atoms. The van der Waals surface area contributed by atoms with E-state index in [0.29, 0.717) is 23.7 Å². The van der Waals surface area contributed by atoms with E-state index in [-0.39, 0.29) is 11.8 Å². The maximum absolute atomic E-state index is 13.1. The average Bonchev–Trinajstić information content (AvgIpc) is 3.49. The van der Waals surface area contributed by atoms with Crippen LogP contribution in [0.4, 0.5) is 0 Å². The first kappa shape index (κ1) is 22.3. The third-order valence-electron chi connectivity index (χ3n) is 7.09. The summed E-state index contributed by atoms with van der Waals surface area (Å²) in [4.78, 5) is 32.6. The van der Waals surface area contributed by atoms with Crippen molar-refractivity contribution in [1.82, 2.24) is 20.0 Å². The van der Waals surface area contributed by atoms with Crippen LogP contribution < -0.4 is 5.32 Å². The van der Waals surface area contributed by atoms with Gasteiger partial charge in [0.05, 0.1) is 0 Å². The predicted octanol–water partition coefficient (Wildman–Crippen LogP) is 2.99. The lowest BCUT2D eigenvalue weighted by molar-refractivity contribution is 0.0708. The van der Waals surface area contributed by atoms with E-state index in [4.69, 9.17) is 0 Å². The maximum Gasteiger partial charge on any atom is 0.254 e. The summed E-state index contributed by atoms with van der Waals surface area (Å²) in [5, 5.41) is 3.02. The molecule has 6 nitrogen and oxygen atoms in total. The molecule has 0 radical (unpaired) electrons. The highest BCUT2D eigenvalue weighted by atomic mass is 16.2. The van der Waals surface area contributed by atoms with Crippen LogP contribution >= 0.6 is 0 Å². The first-order valence-corrected chi connectivity index (χ1v) is 12.3. The second kappa shape index (κ2) is 11.1. The van der Waals surface area contributed by atoms with Crippen LogP contribution in [0.2, 0.25) is 0 Å². The number of carbonyl (C=O) groups excluding carboxylic acids is 2. The zero-order valence-corrected chi connectivity index (χ0v) is 18.9. The van der Waals surface area contributed by atoms with Crippen molar-refractivity contribution in [2.75, 3.05) is 52.4 Å². The summed E-state index contributed by atoms with van der Waals surface area (Å²) < 4.78 is 0. The van der Waals surface area contributed by atoms with Crippen LogP contribution in [-0.4, -0.2) is 84.9 Å². The van der Waals surface area contributed by atoms with Crippen LogP contribution in [0.1, 0.15) is 72.1 Å². The van der Waals surface area contributed by atoms with Gasteiger partial charge in [0.2, 0.25) is 0 Å². The van der Waals surface area contributed by atoms with Crippen LogP contribution in [0.15, 0.2) is 24.3 Å². The Morgan fingerprint density at radius 3 is 2.19 bits per heavy atom.